The molecule has 384 valence electrons. The Bertz CT molecular complexity index is 2020. The van der Waals surface area contributed by atoms with E-state index in [0.29, 0.717) is 56.9 Å². The first-order valence-corrected chi connectivity index (χ1v) is 25.0. The van der Waals surface area contributed by atoms with E-state index in [1.54, 1.807) is 52.1 Å². The molecule has 5 rings (SSSR count). The van der Waals surface area contributed by atoms with Crippen LogP contribution in [0.5, 0.6) is 0 Å². The monoisotopic (exact) mass is 966 g/mol. The number of tetrazole rings is 1. The van der Waals surface area contributed by atoms with Gasteiger partial charge in [0.2, 0.25) is 5.79 Å². The van der Waals surface area contributed by atoms with E-state index >= 15 is 0 Å². The van der Waals surface area contributed by atoms with Crippen molar-refractivity contribution in [3.05, 3.63) is 53.9 Å². The van der Waals surface area contributed by atoms with Crippen molar-refractivity contribution in [2.45, 2.75) is 180 Å². The third-order valence-electron chi connectivity index (χ3n) is 15.2. The highest BCUT2D eigenvalue weighted by Gasteiger charge is 2.53. The topological polar surface area (TPSA) is 219 Å². The highest BCUT2D eigenvalue weighted by Crippen LogP contribution is 2.39. The Morgan fingerprint density at radius 2 is 1.64 bits per heavy atom. The number of amides is 1. The fourth-order valence-electron chi connectivity index (χ4n) is 10.7. The van der Waals surface area contributed by atoms with E-state index in [0.717, 1.165) is 18.4 Å². The Morgan fingerprint density at radius 1 is 0.884 bits per heavy atom. The molecule has 1 amide bonds. The second-order valence-electron chi connectivity index (χ2n) is 20.4. The Hall–Kier alpha value is -4.26. The molecule has 0 spiro atoms. The molecule has 1 aromatic rings. The number of allylic oxidation sites excluding steroid dienone is 6. The fourth-order valence-corrected chi connectivity index (χ4v) is 10.7. The third kappa shape index (κ3) is 14.2. The maximum Gasteiger partial charge on any atom is 0.329 e. The van der Waals surface area contributed by atoms with Crippen molar-refractivity contribution in [3.63, 3.8) is 0 Å². The minimum absolute atomic E-state index is 0.0170. The predicted octanol–water partition coefficient (Wildman–Crippen LogP) is 6.05. The first-order chi connectivity index (χ1) is 32.8. The molecule has 69 heavy (non-hydrogen) atoms. The highest BCUT2D eigenvalue weighted by molar-refractivity contribution is 6.39. The van der Waals surface area contributed by atoms with E-state index in [1.165, 1.54) is 12.0 Å². The number of aliphatic hydroxyl groups is 2. The third-order valence-corrected chi connectivity index (χ3v) is 15.2. The number of carbonyl (C=O) groups is 5. The van der Waals surface area contributed by atoms with Crippen LogP contribution < -0.4 is 0 Å². The SMILES string of the molecule is COC1C(=O)C(C)C[C@H](C)/C=C/C=C/C=C(\C)[C@@H](OC)C[C@@H]2CC[C@@H](C)[C@@](O)(O2)C(=O)C(=O)N2CCCCC2C(=O)O[C@H](C(C)CC2CC[C@H](n3cnnn3)C(OC)C2)CC(=O)[C@H](C)/C=C(\C)[C@H]1O. The van der Waals surface area contributed by atoms with Gasteiger partial charge in [-0.05, 0) is 117 Å². The normalized spacial score (nSPS) is 38.8. The number of carbonyl (C=O) groups excluding carboxylic acids is 5. The molecule has 1 aromatic heterocycles. The standard InChI is InChI=1S/C52H79N5O12/c1-31-16-12-11-13-17-32(2)43(65-8)28-39-21-19-37(7)52(64,69-39)49(61)50(62)56-23-15-14-18-41(56)51(63)68-44(34(4)26-38-20-22-40(45(27-38)66-9)57-30-53-54-55-57)29-42(58)33(3)25-36(6)47(60)48(67-10)46(59)35(5)24-31/h11-13,16-17,25,30-31,33-35,37-41,43-45,47-48,60,64H,14-15,18-24,26-29H2,1-10H3/b13-11+,16-12+,32-17+,36-25+/t31-,33-,34?,35?,37-,38?,39+,40+,41?,43+,44+,45?,47-,48?,52-/m1/s1. The molecule has 4 aliphatic rings. The van der Waals surface area contributed by atoms with Crippen molar-refractivity contribution < 1.29 is 57.9 Å². The number of cyclic esters (lactones) is 1. The summed E-state index contributed by atoms with van der Waals surface area (Å²) in [6, 6.07) is -1.19. The Morgan fingerprint density at radius 3 is 2.32 bits per heavy atom. The van der Waals surface area contributed by atoms with Crippen molar-refractivity contribution in [3.8, 4) is 0 Å². The molecule has 1 aliphatic carbocycles. The number of hydrogen-bond donors (Lipinski definition) is 2. The number of piperidine rings is 1. The molecular formula is C52H79N5O12. The van der Waals surface area contributed by atoms with Gasteiger partial charge in [-0.2, -0.15) is 0 Å². The predicted molar refractivity (Wildman–Crippen MR) is 256 cm³/mol. The molecule has 6 unspecified atom stereocenters. The molecule has 4 heterocycles. The average molecular weight is 966 g/mol. The van der Waals surface area contributed by atoms with Crippen LogP contribution in [0.2, 0.25) is 0 Å². The molecule has 17 heteroatoms. The van der Waals surface area contributed by atoms with E-state index in [2.05, 4.69) is 15.5 Å². The minimum Gasteiger partial charge on any atom is -0.460 e. The molecule has 15 atom stereocenters. The highest BCUT2D eigenvalue weighted by atomic mass is 16.6. The smallest absolute Gasteiger partial charge is 0.329 e. The largest absolute Gasteiger partial charge is 0.460 e. The molecule has 2 saturated heterocycles. The molecule has 17 nitrogen and oxygen atoms in total. The van der Waals surface area contributed by atoms with E-state index in [1.807, 2.05) is 58.1 Å². The maximum atomic E-state index is 14.5. The summed E-state index contributed by atoms with van der Waals surface area (Å²) in [5.41, 5.74) is 1.27. The van der Waals surface area contributed by atoms with Crippen LogP contribution in [0.1, 0.15) is 132 Å². The van der Waals surface area contributed by atoms with Crippen LogP contribution in [0.3, 0.4) is 0 Å². The fraction of sp³-hybridized carbons (Fsp3) is 0.731. The van der Waals surface area contributed by atoms with E-state index in [4.69, 9.17) is 23.7 Å². The number of esters is 1. The van der Waals surface area contributed by atoms with E-state index in [-0.39, 0.29) is 60.9 Å². The zero-order valence-electron chi connectivity index (χ0n) is 42.5. The van der Waals surface area contributed by atoms with Crippen LogP contribution in [0.25, 0.3) is 0 Å². The van der Waals surface area contributed by atoms with Gasteiger partial charge in [-0.25, -0.2) is 9.48 Å². The van der Waals surface area contributed by atoms with Gasteiger partial charge in [0.25, 0.3) is 11.7 Å². The molecule has 3 aliphatic heterocycles. The van der Waals surface area contributed by atoms with Crippen molar-refractivity contribution >= 4 is 29.2 Å². The lowest BCUT2D eigenvalue weighted by Gasteiger charge is -2.42. The molecule has 2 N–H and O–H groups in total. The second kappa shape index (κ2) is 25.7. The summed E-state index contributed by atoms with van der Waals surface area (Å²) in [5, 5.41) is 35.2. The molecule has 0 radical (unpaired) electrons. The van der Waals surface area contributed by atoms with Crippen LogP contribution in [0, 0.1) is 35.5 Å². The molecule has 2 bridgehead atoms. The number of methoxy groups -OCH3 is 3. The summed E-state index contributed by atoms with van der Waals surface area (Å²) >= 11 is 0. The summed E-state index contributed by atoms with van der Waals surface area (Å²) in [7, 11) is 4.62. The number of Topliss-reactive ketones (excluding diaryl/α,β-unsaturated/α-hetero) is 3. The Kier molecular flexibility index (Phi) is 20.8. The number of aromatic nitrogens is 4. The summed E-state index contributed by atoms with van der Waals surface area (Å²) in [6.45, 7) is 12.8. The molecule has 3 fully saturated rings. The summed E-state index contributed by atoms with van der Waals surface area (Å²) in [5.74, 6) is -7.92. The van der Waals surface area contributed by atoms with E-state index < -0.39 is 77.8 Å². The van der Waals surface area contributed by atoms with E-state index in [9.17, 15) is 34.2 Å². The van der Waals surface area contributed by atoms with Crippen molar-refractivity contribution in [1.82, 2.24) is 25.1 Å². The number of aliphatic hydroxyl groups excluding tert-OH is 1. The minimum atomic E-state index is -2.43. The number of ketones is 3. The average Bonchev–Trinajstić information content (AvgIpc) is 3.88. The first kappa shape index (κ1) is 55.7. The lowest BCUT2D eigenvalue weighted by atomic mass is 9.77. The Labute approximate surface area is 408 Å². The first-order valence-electron chi connectivity index (χ1n) is 25.0. The van der Waals surface area contributed by atoms with Gasteiger partial charge in [0.15, 0.2) is 5.78 Å². The van der Waals surface area contributed by atoms with Crippen LogP contribution >= 0.6 is 0 Å². The van der Waals surface area contributed by atoms with Crippen molar-refractivity contribution in [2.24, 2.45) is 35.5 Å². The lowest BCUT2D eigenvalue weighted by molar-refractivity contribution is -0.265. The number of fused-ring (bicyclic) bond motifs is 3. The molecular weight excluding hydrogens is 887 g/mol. The van der Waals surface area contributed by atoms with Gasteiger partial charge in [0, 0.05) is 58.5 Å². The van der Waals surface area contributed by atoms with Crippen LogP contribution in [-0.4, -0.2) is 141 Å². The zero-order chi connectivity index (χ0) is 50.6. The number of ether oxygens (including phenoxy) is 5. The summed E-state index contributed by atoms with van der Waals surface area (Å²) in [6.07, 6.45) is 13.9. The van der Waals surface area contributed by atoms with Crippen LogP contribution in [-0.2, 0) is 47.7 Å². The molecule has 1 saturated carbocycles. The summed E-state index contributed by atoms with van der Waals surface area (Å²) in [4.78, 5) is 72.3. The maximum absolute atomic E-state index is 14.5. The Balaban J connectivity index is 1.46. The van der Waals surface area contributed by atoms with Gasteiger partial charge in [-0.1, -0.05) is 71.1 Å². The zero-order valence-corrected chi connectivity index (χ0v) is 42.5. The van der Waals surface area contributed by atoms with Gasteiger partial charge in [0.05, 0.1) is 24.4 Å². The number of rotatable bonds is 7. The van der Waals surface area contributed by atoms with Gasteiger partial charge >= 0.3 is 5.97 Å². The van der Waals surface area contributed by atoms with Crippen LogP contribution in [0.4, 0.5) is 0 Å². The lowest BCUT2D eigenvalue weighted by Crippen LogP contribution is -2.61. The van der Waals surface area contributed by atoms with Crippen LogP contribution in [0.15, 0.2) is 53.9 Å². The second-order valence-corrected chi connectivity index (χ2v) is 20.4. The quantitative estimate of drug-likeness (QED) is 0.181. The molecule has 0 aromatic carbocycles. The number of hydrogen-bond acceptors (Lipinski definition) is 15. The van der Waals surface area contributed by atoms with Crippen molar-refractivity contribution in [2.75, 3.05) is 27.9 Å². The van der Waals surface area contributed by atoms with Crippen molar-refractivity contribution in [1.29, 1.82) is 0 Å². The van der Waals surface area contributed by atoms with Gasteiger partial charge in [-0.15, -0.1) is 5.10 Å². The van der Waals surface area contributed by atoms with Gasteiger partial charge in [-0.3, -0.25) is 19.2 Å². The van der Waals surface area contributed by atoms with Gasteiger partial charge in [0.1, 0.15) is 36.5 Å². The van der Waals surface area contributed by atoms with Gasteiger partial charge < -0.3 is 38.8 Å². The summed E-state index contributed by atoms with van der Waals surface area (Å²) < 4.78 is 31.6. The number of nitrogens with zero attached hydrogens (tertiary/aromatic N) is 5.